The first-order valence-electron chi connectivity index (χ1n) is 5.63. The first kappa shape index (κ1) is 14.2. The van der Waals surface area contributed by atoms with Crippen molar-refractivity contribution in [1.82, 2.24) is 5.32 Å². The fraction of sp³-hybridized carbons (Fsp3) is 0.538. The average Bonchev–Trinajstić information content (AvgIpc) is 2.20. The summed E-state index contributed by atoms with van der Waals surface area (Å²) in [6, 6.07) is 6.37. The maximum Gasteiger partial charge on any atom is 0.0320 e. The second kappa shape index (κ2) is 6.18. The Bertz CT molecular complexity index is 348. The second-order valence-corrected chi connectivity index (χ2v) is 6.44. The topological polar surface area (TPSA) is 12.0 Å². The van der Waals surface area contributed by atoms with Crippen LogP contribution >= 0.6 is 31.9 Å². The molecular formula is C13H19Br2N. The van der Waals surface area contributed by atoms with Gasteiger partial charge in [0.25, 0.3) is 0 Å². The SMILES string of the molecule is CCCC(C)(C)NCc1ccc(Br)c(Br)c1. The Balaban J connectivity index is 2.57. The van der Waals surface area contributed by atoms with E-state index in [1.54, 1.807) is 0 Å². The quantitative estimate of drug-likeness (QED) is 0.799. The molecule has 0 atom stereocenters. The normalized spacial score (nSPS) is 11.8. The summed E-state index contributed by atoms with van der Waals surface area (Å²) in [6.07, 6.45) is 2.41. The molecule has 0 radical (unpaired) electrons. The van der Waals surface area contributed by atoms with Crippen molar-refractivity contribution in [2.24, 2.45) is 0 Å². The van der Waals surface area contributed by atoms with Gasteiger partial charge in [-0.2, -0.15) is 0 Å². The maximum atomic E-state index is 3.59. The molecule has 0 fully saturated rings. The Morgan fingerprint density at radius 3 is 2.44 bits per heavy atom. The molecule has 3 heteroatoms. The fourth-order valence-electron chi connectivity index (χ4n) is 1.70. The first-order valence-corrected chi connectivity index (χ1v) is 7.22. The number of rotatable bonds is 5. The largest absolute Gasteiger partial charge is 0.308 e. The van der Waals surface area contributed by atoms with Crippen molar-refractivity contribution in [3.05, 3.63) is 32.7 Å². The number of benzene rings is 1. The van der Waals surface area contributed by atoms with Crippen molar-refractivity contribution < 1.29 is 0 Å². The van der Waals surface area contributed by atoms with Crippen LogP contribution in [0.1, 0.15) is 39.2 Å². The summed E-state index contributed by atoms with van der Waals surface area (Å²) in [5.41, 5.74) is 1.52. The van der Waals surface area contributed by atoms with Gasteiger partial charge in [-0.3, -0.25) is 0 Å². The van der Waals surface area contributed by atoms with Gasteiger partial charge in [-0.05, 0) is 69.8 Å². The Hall–Kier alpha value is 0.140. The second-order valence-electron chi connectivity index (χ2n) is 4.74. The highest BCUT2D eigenvalue weighted by atomic mass is 79.9. The van der Waals surface area contributed by atoms with Gasteiger partial charge >= 0.3 is 0 Å². The van der Waals surface area contributed by atoms with Crippen molar-refractivity contribution in [1.29, 1.82) is 0 Å². The predicted molar refractivity (Wildman–Crippen MR) is 77.7 cm³/mol. The van der Waals surface area contributed by atoms with E-state index in [0.29, 0.717) is 0 Å². The van der Waals surface area contributed by atoms with Crippen LogP contribution in [-0.4, -0.2) is 5.54 Å². The smallest absolute Gasteiger partial charge is 0.0320 e. The molecule has 0 bridgehead atoms. The summed E-state index contributed by atoms with van der Waals surface area (Å²) in [4.78, 5) is 0. The zero-order valence-electron chi connectivity index (χ0n) is 10.1. The summed E-state index contributed by atoms with van der Waals surface area (Å²) >= 11 is 7.00. The highest BCUT2D eigenvalue weighted by Gasteiger charge is 2.15. The third-order valence-corrected chi connectivity index (χ3v) is 4.51. The molecule has 0 aliphatic heterocycles. The standard InChI is InChI=1S/C13H19Br2N/c1-4-7-13(2,3)16-9-10-5-6-11(14)12(15)8-10/h5-6,8,16H,4,7,9H2,1-3H3. The average molecular weight is 349 g/mol. The molecule has 0 saturated carbocycles. The van der Waals surface area contributed by atoms with Gasteiger partial charge in [0.2, 0.25) is 0 Å². The van der Waals surface area contributed by atoms with Gasteiger partial charge in [-0.1, -0.05) is 19.4 Å². The van der Waals surface area contributed by atoms with Crippen molar-refractivity contribution in [2.45, 2.75) is 45.7 Å². The van der Waals surface area contributed by atoms with Crippen LogP contribution in [0.25, 0.3) is 0 Å². The highest BCUT2D eigenvalue weighted by molar-refractivity contribution is 9.13. The summed E-state index contributed by atoms with van der Waals surface area (Å²) < 4.78 is 2.21. The van der Waals surface area contributed by atoms with Crippen LogP contribution in [0.4, 0.5) is 0 Å². The zero-order valence-corrected chi connectivity index (χ0v) is 13.3. The molecule has 90 valence electrons. The summed E-state index contributed by atoms with van der Waals surface area (Å²) in [5, 5.41) is 3.59. The molecule has 0 aliphatic carbocycles. The van der Waals surface area contributed by atoms with Crippen LogP contribution in [0.15, 0.2) is 27.1 Å². The molecular weight excluding hydrogens is 330 g/mol. The van der Waals surface area contributed by atoms with E-state index in [9.17, 15) is 0 Å². The molecule has 0 aromatic heterocycles. The summed E-state index contributed by atoms with van der Waals surface area (Å²) in [7, 11) is 0. The van der Waals surface area contributed by atoms with Crippen molar-refractivity contribution in [3.8, 4) is 0 Å². The molecule has 1 N–H and O–H groups in total. The minimum atomic E-state index is 0.217. The van der Waals surface area contributed by atoms with E-state index < -0.39 is 0 Å². The van der Waals surface area contributed by atoms with Gasteiger partial charge in [-0.15, -0.1) is 0 Å². The molecule has 0 amide bonds. The van der Waals surface area contributed by atoms with E-state index in [0.717, 1.165) is 15.5 Å². The van der Waals surface area contributed by atoms with Crippen LogP contribution in [0.3, 0.4) is 0 Å². The minimum Gasteiger partial charge on any atom is -0.308 e. The minimum absolute atomic E-state index is 0.217. The van der Waals surface area contributed by atoms with E-state index in [1.165, 1.54) is 18.4 Å². The van der Waals surface area contributed by atoms with Gasteiger partial charge in [-0.25, -0.2) is 0 Å². The number of hydrogen-bond donors (Lipinski definition) is 1. The van der Waals surface area contributed by atoms with E-state index in [2.05, 4.69) is 76.1 Å². The fourth-order valence-corrected chi connectivity index (χ4v) is 2.38. The monoisotopic (exact) mass is 347 g/mol. The maximum absolute atomic E-state index is 3.59. The van der Waals surface area contributed by atoms with Crippen molar-refractivity contribution in [2.75, 3.05) is 0 Å². The molecule has 0 heterocycles. The Labute approximate surface area is 115 Å². The lowest BCUT2D eigenvalue weighted by Crippen LogP contribution is -2.38. The van der Waals surface area contributed by atoms with Crippen LogP contribution in [0.2, 0.25) is 0 Å². The summed E-state index contributed by atoms with van der Waals surface area (Å²) in [5.74, 6) is 0. The zero-order chi connectivity index (χ0) is 12.2. The molecule has 1 aromatic rings. The van der Waals surface area contributed by atoms with E-state index in [-0.39, 0.29) is 5.54 Å². The van der Waals surface area contributed by atoms with Crippen molar-refractivity contribution >= 4 is 31.9 Å². The Morgan fingerprint density at radius 2 is 1.88 bits per heavy atom. The molecule has 1 aromatic carbocycles. The molecule has 1 nitrogen and oxygen atoms in total. The number of nitrogens with one attached hydrogen (secondary N) is 1. The van der Waals surface area contributed by atoms with Crippen LogP contribution in [-0.2, 0) is 6.54 Å². The Morgan fingerprint density at radius 1 is 1.19 bits per heavy atom. The van der Waals surface area contributed by atoms with E-state index in [1.807, 2.05) is 0 Å². The lowest BCUT2D eigenvalue weighted by molar-refractivity contribution is 0.357. The molecule has 0 unspecified atom stereocenters. The summed E-state index contributed by atoms with van der Waals surface area (Å²) in [6.45, 7) is 7.65. The van der Waals surface area contributed by atoms with Gasteiger partial charge in [0.15, 0.2) is 0 Å². The van der Waals surface area contributed by atoms with Gasteiger partial charge in [0, 0.05) is 21.0 Å². The molecule has 1 rings (SSSR count). The van der Waals surface area contributed by atoms with Gasteiger partial charge in [0.1, 0.15) is 0 Å². The molecule has 0 spiro atoms. The number of halogens is 2. The third-order valence-electron chi connectivity index (χ3n) is 2.63. The lowest BCUT2D eigenvalue weighted by atomic mass is 9.98. The van der Waals surface area contributed by atoms with Crippen molar-refractivity contribution in [3.63, 3.8) is 0 Å². The van der Waals surface area contributed by atoms with Gasteiger partial charge < -0.3 is 5.32 Å². The first-order chi connectivity index (χ1) is 7.44. The van der Waals surface area contributed by atoms with Crippen LogP contribution in [0, 0.1) is 0 Å². The predicted octanol–water partition coefficient (Wildman–Crippen LogP) is 4.88. The van der Waals surface area contributed by atoms with Crippen LogP contribution < -0.4 is 5.32 Å². The van der Waals surface area contributed by atoms with Gasteiger partial charge in [0.05, 0.1) is 0 Å². The molecule has 0 saturated heterocycles. The Kier molecular flexibility index (Phi) is 5.48. The lowest BCUT2D eigenvalue weighted by Gasteiger charge is -2.26. The van der Waals surface area contributed by atoms with E-state index in [4.69, 9.17) is 0 Å². The number of hydrogen-bond acceptors (Lipinski definition) is 1. The van der Waals surface area contributed by atoms with Crippen LogP contribution in [0.5, 0.6) is 0 Å². The highest BCUT2D eigenvalue weighted by Crippen LogP contribution is 2.24. The van der Waals surface area contributed by atoms with E-state index >= 15 is 0 Å². The molecule has 0 aliphatic rings. The third kappa shape index (κ3) is 4.56. The molecule has 16 heavy (non-hydrogen) atoms.